The van der Waals surface area contributed by atoms with Crippen LogP contribution in [-0.4, -0.2) is 110 Å². The predicted molar refractivity (Wildman–Crippen MR) is 335 cm³/mol. The number of amides is 1. The van der Waals surface area contributed by atoms with E-state index >= 15 is 0 Å². The molecule has 1 heterocycles. The molecule has 11 nitrogen and oxygen atoms in total. The molecule has 0 aromatic heterocycles. The Morgan fingerprint density at radius 2 is 0.750 bits per heavy atom. The van der Waals surface area contributed by atoms with Crippen LogP contribution >= 0.6 is 0 Å². The van der Waals surface area contributed by atoms with Crippen molar-refractivity contribution in [3.63, 3.8) is 0 Å². The summed E-state index contributed by atoms with van der Waals surface area (Å²) in [5.41, 5.74) is 0. The lowest BCUT2D eigenvalue weighted by atomic mass is 9.98. The summed E-state index contributed by atoms with van der Waals surface area (Å²) in [5, 5.41) is 76.4. The molecule has 1 aliphatic heterocycles. The summed E-state index contributed by atoms with van der Waals surface area (Å²) in [6.07, 6.45) is 62.3. The first kappa shape index (κ1) is 76.3. The van der Waals surface area contributed by atoms with Crippen LogP contribution in [0.5, 0.6) is 0 Å². The van der Waals surface area contributed by atoms with E-state index in [-0.39, 0.29) is 12.8 Å². The molecule has 9 unspecified atom stereocenters. The first-order valence-corrected chi connectivity index (χ1v) is 34.4. The van der Waals surface area contributed by atoms with Gasteiger partial charge in [-0.15, -0.1) is 0 Å². The molecule has 1 saturated heterocycles. The minimum Gasteiger partial charge on any atom is -0.394 e. The van der Waals surface area contributed by atoms with Gasteiger partial charge in [0, 0.05) is 0 Å². The van der Waals surface area contributed by atoms with Crippen molar-refractivity contribution >= 4 is 5.91 Å². The zero-order valence-corrected chi connectivity index (χ0v) is 52.1. The summed E-state index contributed by atoms with van der Waals surface area (Å²) >= 11 is 0. The normalized spacial score (nSPS) is 19.4. The predicted octanol–water partition coefficient (Wildman–Crippen LogP) is 16.2. The minimum absolute atomic E-state index is 0.247. The van der Waals surface area contributed by atoms with Crippen LogP contribution in [0.3, 0.4) is 0 Å². The second-order valence-corrected chi connectivity index (χ2v) is 24.2. The summed E-state index contributed by atoms with van der Waals surface area (Å²) in [6, 6.07) is -1.19. The van der Waals surface area contributed by atoms with Crippen molar-refractivity contribution in [1.82, 2.24) is 5.32 Å². The van der Waals surface area contributed by atoms with Gasteiger partial charge in [-0.05, 0) is 77.0 Å². The largest absolute Gasteiger partial charge is 0.394 e. The van der Waals surface area contributed by atoms with Gasteiger partial charge in [0.05, 0.1) is 25.4 Å². The van der Waals surface area contributed by atoms with E-state index in [9.17, 15) is 40.5 Å². The Balaban J connectivity index is 2.25. The fourth-order valence-corrected chi connectivity index (χ4v) is 11.1. The second kappa shape index (κ2) is 57.7. The molecular formula is C69H131NO10. The molecule has 0 aliphatic carbocycles. The third kappa shape index (κ3) is 44.8. The first-order chi connectivity index (χ1) is 39.2. The molecule has 0 saturated carbocycles. The molecule has 11 heteroatoms. The highest BCUT2D eigenvalue weighted by Crippen LogP contribution is 2.24. The van der Waals surface area contributed by atoms with Crippen LogP contribution < -0.4 is 5.32 Å². The zero-order chi connectivity index (χ0) is 58.2. The molecule has 1 fully saturated rings. The Hall–Kier alpha value is -1.67. The van der Waals surface area contributed by atoms with Crippen molar-refractivity contribution in [2.24, 2.45) is 0 Å². The molecule has 472 valence electrons. The van der Waals surface area contributed by atoms with E-state index in [0.29, 0.717) is 19.3 Å². The van der Waals surface area contributed by atoms with E-state index in [4.69, 9.17) is 9.47 Å². The first-order valence-electron chi connectivity index (χ1n) is 34.4. The SMILES string of the molecule is CCCCCCCCCCCCCC/C=C\CCCCCCCCCCCCCC(O)C(=O)NC(COC1OC(CO)C(O)C(O)C1O)C(O)C(O)CCC/C=C/CC/C=C/CCCCCCCCCCCCCCCCCCC. The van der Waals surface area contributed by atoms with Gasteiger partial charge in [0.25, 0.3) is 0 Å². The van der Waals surface area contributed by atoms with Crippen LogP contribution in [-0.2, 0) is 14.3 Å². The molecule has 0 aromatic carbocycles. The number of carbonyl (C=O) groups excluding carboxylic acids is 1. The van der Waals surface area contributed by atoms with Crippen LogP contribution in [0.2, 0.25) is 0 Å². The highest BCUT2D eigenvalue weighted by Gasteiger charge is 2.44. The summed E-state index contributed by atoms with van der Waals surface area (Å²) in [5.74, 6) is -0.707. The maximum Gasteiger partial charge on any atom is 0.249 e. The highest BCUT2D eigenvalue weighted by molar-refractivity contribution is 5.80. The average molecular weight is 1130 g/mol. The number of unbranched alkanes of at least 4 members (excludes halogenated alkanes) is 42. The van der Waals surface area contributed by atoms with Crippen LogP contribution in [0.15, 0.2) is 36.5 Å². The lowest BCUT2D eigenvalue weighted by Crippen LogP contribution is -2.60. The fourth-order valence-electron chi connectivity index (χ4n) is 11.1. The van der Waals surface area contributed by atoms with E-state index in [2.05, 4.69) is 55.6 Å². The van der Waals surface area contributed by atoms with Crippen molar-refractivity contribution < 1.29 is 50.0 Å². The third-order valence-electron chi connectivity index (χ3n) is 16.6. The monoisotopic (exact) mass is 1130 g/mol. The van der Waals surface area contributed by atoms with E-state index < -0.39 is 74.2 Å². The number of hydrogen-bond donors (Lipinski definition) is 8. The molecule has 9 atom stereocenters. The lowest BCUT2D eigenvalue weighted by molar-refractivity contribution is -0.303. The molecule has 1 aliphatic rings. The molecule has 0 aromatic rings. The highest BCUT2D eigenvalue weighted by atomic mass is 16.7. The van der Waals surface area contributed by atoms with Crippen LogP contribution in [0.4, 0.5) is 0 Å². The summed E-state index contributed by atoms with van der Waals surface area (Å²) in [6.45, 7) is 3.49. The number of aliphatic hydroxyl groups excluding tert-OH is 7. The molecule has 1 amide bonds. The quantitative estimate of drug-likeness (QED) is 0.0215. The molecule has 8 N–H and O–H groups in total. The average Bonchev–Trinajstić information content (AvgIpc) is 3.47. The Labute approximate surface area is 492 Å². The Kier molecular flexibility index (Phi) is 55.1. The van der Waals surface area contributed by atoms with Gasteiger partial charge in [-0.2, -0.15) is 0 Å². The maximum absolute atomic E-state index is 13.2. The second-order valence-electron chi connectivity index (χ2n) is 24.2. The topological polar surface area (TPSA) is 189 Å². The smallest absolute Gasteiger partial charge is 0.249 e. The Morgan fingerprint density at radius 3 is 1.11 bits per heavy atom. The van der Waals surface area contributed by atoms with Crippen molar-refractivity contribution in [3.8, 4) is 0 Å². The van der Waals surface area contributed by atoms with Gasteiger partial charge >= 0.3 is 0 Å². The van der Waals surface area contributed by atoms with Crippen molar-refractivity contribution in [2.45, 2.75) is 384 Å². The van der Waals surface area contributed by atoms with Crippen molar-refractivity contribution in [2.75, 3.05) is 13.2 Å². The van der Waals surface area contributed by atoms with Gasteiger partial charge in [0.2, 0.25) is 5.91 Å². The number of rotatable bonds is 60. The number of ether oxygens (including phenoxy) is 2. The Morgan fingerprint density at radius 1 is 0.425 bits per heavy atom. The number of hydrogen-bond acceptors (Lipinski definition) is 10. The molecule has 0 bridgehead atoms. The molecule has 0 radical (unpaired) electrons. The van der Waals surface area contributed by atoms with Gasteiger partial charge in [0.15, 0.2) is 6.29 Å². The van der Waals surface area contributed by atoms with Crippen molar-refractivity contribution in [1.29, 1.82) is 0 Å². The molecule has 0 spiro atoms. The standard InChI is InChI=1S/C69H131NO10/c1-3-5-7-9-11-13-15-17-19-21-23-25-27-29-31-33-35-37-39-41-43-45-47-49-51-53-55-57-62(73)68(78)70-60(59-79-69-67(77)66(76)65(75)63(58-71)80-69)64(74)61(72)56-54-52-50-48-46-44-42-40-38-36-34-32-30-28-26-24-22-20-18-16-14-12-10-8-6-4-2/h29,31,40,42,48,50,60-67,69,71-77H,3-28,30,32-39,41,43-47,49,51-59H2,1-2H3,(H,70,78)/b31-29-,42-40+,50-48+. The maximum atomic E-state index is 13.2. The van der Waals surface area contributed by atoms with Crippen LogP contribution in [0, 0.1) is 0 Å². The van der Waals surface area contributed by atoms with Gasteiger partial charge in [0.1, 0.15) is 36.6 Å². The minimum atomic E-state index is -1.67. The molecule has 80 heavy (non-hydrogen) atoms. The summed E-state index contributed by atoms with van der Waals surface area (Å²) in [4.78, 5) is 13.2. The summed E-state index contributed by atoms with van der Waals surface area (Å²) < 4.78 is 11.2. The van der Waals surface area contributed by atoms with E-state index in [0.717, 1.165) is 38.5 Å². The van der Waals surface area contributed by atoms with E-state index in [1.807, 2.05) is 0 Å². The van der Waals surface area contributed by atoms with Crippen molar-refractivity contribution in [3.05, 3.63) is 36.5 Å². The van der Waals surface area contributed by atoms with Gasteiger partial charge in [-0.3, -0.25) is 4.79 Å². The third-order valence-corrected chi connectivity index (χ3v) is 16.6. The molecular weight excluding hydrogens is 1000 g/mol. The summed E-state index contributed by atoms with van der Waals surface area (Å²) in [7, 11) is 0. The van der Waals surface area contributed by atoms with Crippen LogP contribution in [0.1, 0.15) is 328 Å². The van der Waals surface area contributed by atoms with Crippen LogP contribution in [0.25, 0.3) is 0 Å². The van der Waals surface area contributed by atoms with Gasteiger partial charge in [-0.1, -0.05) is 288 Å². The molecule has 1 rings (SSSR count). The zero-order valence-electron chi connectivity index (χ0n) is 52.1. The van der Waals surface area contributed by atoms with E-state index in [1.54, 1.807) is 0 Å². The Bertz CT molecular complexity index is 1390. The van der Waals surface area contributed by atoms with E-state index in [1.165, 1.54) is 244 Å². The number of carbonyl (C=O) groups is 1. The van der Waals surface area contributed by atoms with Gasteiger partial charge < -0.3 is 50.5 Å². The van der Waals surface area contributed by atoms with Gasteiger partial charge in [-0.25, -0.2) is 0 Å². The number of aliphatic hydroxyl groups is 7. The fraction of sp³-hybridized carbons (Fsp3) is 0.899. The lowest BCUT2D eigenvalue weighted by Gasteiger charge is -2.40. The number of allylic oxidation sites excluding steroid dienone is 6. The number of nitrogens with one attached hydrogen (secondary N) is 1.